The lowest BCUT2D eigenvalue weighted by molar-refractivity contribution is 0.167. The zero-order valence-corrected chi connectivity index (χ0v) is 18.4. The molecule has 3 aromatic rings. The van der Waals surface area contributed by atoms with Gasteiger partial charge >= 0.3 is 0 Å². The number of aryl methyl sites for hydroxylation is 1. The van der Waals surface area contributed by atoms with E-state index in [1.54, 1.807) is 28.3 Å². The van der Waals surface area contributed by atoms with Gasteiger partial charge < -0.3 is 14.6 Å². The van der Waals surface area contributed by atoms with Crippen LogP contribution in [0.5, 0.6) is 5.75 Å². The van der Waals surface area contributed by atoms with E-state index in [0.29, 0.717) is 12.0 Å². The highest BCUT2D eigenvalue weighted by molar-refractivity contribution is 7.19. The van der Waals surface area contributed by atoms with Crippen LogP contribution in [0.25, 0.3) is 21.2 Å². The van der Waals surface area contributed by atoms with Gasteiger partial charge in [-0.25, -0.2) is 0 Å². The normalized spacial score (nSPS) is 20.0. The van der Waals surface area contributed by atoms with E-state index in [-0.39, 0.29) is 5.56 Å². The van der Waals surface area contributed by atoms with E-state index in [1.807, 2.05) is 19.3 Å². The molecule has 0 aromatic carbocycles. The first-order valence-corrected chi connectivity index (χ1v) is 11.6. The third kappa shape index (κ3) is 3.89. The van der Waals surface area contributed by atoms with Crippen LogP contribution >= 0.6 is 11.3 Å². The minimum absolute atomic E-state index is 0.0547. The van der Waals surface area contributed by atoms with Crippen molar-refractivity contribution in [3.63, 3.8) is 0 Å². The highest BCUT2D eigenvalue weighted by atomic mass is 32.1. The number of nitrogens with one attached hydrogen (secondary N) is 1. The number of thiophene rings is 1. The van der Waals surface area contributed by atoms with E-state index >= 15 is 0 Å². The molecule has 30 heavy (non-hydrogen) atoms. The van der Waals surface area contributed by atoms with Gasteiger partial charge in [0.2, 0.25) is 0 Å². The van der Waals surface area contributed by atoms with Crippen LogP contribution in [0.2, 0.25) is 0 Å². The minimum atomic E-state index is 0.0547. The maximum Gasteiger partial charge on any atom is 0.259 e. The van der Waals surface area contributed by atoms with E-state index in [9.17, 15) is 4.79 Å². The molecule has 0 radical (unpaired) electrons. The molecule has 0 bridgehead atoms. The summed E-state index contributed by atoms with van der Waals surface area (Å²) >= 11 is 1.73. The van der Waals surface area contributed by atoms with Gasteiger partial charge in [-0.1, -0.05) is 0 Å². The summed E-state index contributed by atoms with van der Waals surface area (Å²) in [6, 6.07) is 4.58. The molecule has 0 unspecified atom stereocenters. The van der Waals surface area contributed by atoms with Crippen LogP contribution in [0.1, 0.15) is 24.6 Å². The van der Waals surface area contributed by atoms with Crippen molar-refractivity contribution in [1.82, 2.24) is 19.8 Å². The van der Waals surface area contributed by atoms with Crippen molar-refractivity contribution in [2.45, 2.75) is 32.4 Å². The van der Waals surface area contributed by atoms with E-state index in [1.165, 1.54) is 17.7 Å². The van der Waals surface area contributed by atoms with Gasteiger partial charge in [-0.2, -0.15) is 0 Å². The largest absolute Gasteiger partial charge is 0.491 e. The first-order valence-electron chi connectivity index (χ1n) is 10.7. The lowest BCUT2D eigenvalue weighted by atomic mass is 10.1. The molecule has 0 amide bonds. The monoisotopic (exact) mass is 424 g/mol. The molecule has 6 nitrogen and oxygen atoms in total. The van der Waals surface area contributed by atoms with Crippen molar-refractivity contribution in [1.29, 1.82) is 0 Å². The molecular weight excluding hydrogens is 396 g/mol. The number of rotatable bonds is 6. The van der Waals surface area contributed by atoms with E-state index in [2.05, 4.69) is 28.2 Å². The van der Waals surface area contributed by atoms with Crippen molar-refractivity contribution < 1.29 is 4.74 Å². The highest BCUT2D eigenvalue weighted by Gasteiger charge is 2.24. The first-order chi connectivity index (χ1) is 14.6. The molecule has 0 spiro atoms. The van der Waals surface area contributed by atoms with Gasteiger partial charge in [-0.15, -0.1) is 11.3 Å². The Morgan fingerprint density at radius 3 is 3.00 bits per heavy atom. The Labute approximate surface area is 180 Å². The van der Waals surface area contributed by atoms with Crippen LogP contribution in [0.4, 0.5) is 0 Å². The average molecular weight is 425 g/mol. The summed E-state index contributed by atoms with van der Waals surface area (Å²) in [6.07, 6.45) is 8.04. The molecule has 5 rings (SSSR count). The van der Waals surface area contributed by atoms with Crippen molar-refractivity contribution >= 4 is 21.4 Å². The number of pyridine rings is 2. The Morgan fingerprint density at radius 2 is 2.20 bits per heavy atom. The van der Waals surface area contributed by atoms with Crippen molar-refractivity contribution in [2.24, 2.45) is 13.0 Å². The standard InChI is InChI=1S/C23H28N4O2S/c1-15-10-25-7-8-27(15)12-17-9-19-22(30-17)20(13-26(2)23(19)28)18-5-6-24-11-21(18)29-14-16-3-4-16/h5-6,9,11,13,15-16,25H,3-4,7-8,10,12,14H2,1-2H3/t15-/m1/s1. The maximum atomic E-state index is 12.9. The van der Waals surface area contributed by atoms with Gasteiger partial charge in [0.05, 0.1) is 18.2 Å². The zero-order valence-electron chi connectivity index (χ0n) is 17.6. The van der Waals surface area contributed by atoms with Crippen LogP contribution in [0.15, 0.2) is 35.5 Å². The van der Waals surface area contributed by atoms with Crippen LogP contribution < -0.4 is 15.6 Å². The van der Waals surface area contributed by atoms with Crippen LogP contribution in [-0.2, 0) is 13.6 Å². The Morgan fingerprint density at radius 1 is 1.33 bits per heavy atom. The second kappa shape index (κ2) is 8.13. The van der Waals surface area contributed by atoms with Gasteiger partial charge in [0, 0.05) is 72.4 Å². The summed E-state index contributed by atoms with van der Waals surface area (Å²) in [6.45, 7) is 6.93. The van der Waals surface area contributed by atoms with Crippen LogP contribution in [0, 0.1) is 5.92 Å². The van der Waals surface area contributed by atoms with Crippen LogP contribution in [-0.4, -0.2) is 46.7 Å². The minimum Gasteiger partial charge on any atom is -0.491 e. The van der Waals surface area contributed by atoms with E-state index in [0.717, 1.165) is 59.7 Å². The van der Waals surface area contributed by atoms with Crippen molar-refractivity contribution in [2.75, 3.05) is 26.2 Å². The molecule has 1 atom stereocenters. The molecule has 1 saturated carbocycles. The lowest BCUT2D eigenvalue weighted by Gasteiger charge is -2.33. The van der Waals surface area contributed by atoms with Gasteiger partial charge in [-0.05, 0) is 37.8 Å². The fraction of sp³-hybridized carbons (Fsp3) is 0.478. The third-order valence-electron chi connectivity index (χ3n) is 6.15. The summed E-state index contributed by atoms with van der Waals surface area (Å²) in [4.78, 5) is 20.9. The summed E-state index contributed by atoms with van der Waals surface area (Å²) in [5.74, 6) is 1.47. The Kier molecular flexibility index (Phi) is 5.35. The molecule has 2 aliphatic rings. The molecule has 2 fully saturated rings. The Bertz CT molecular complexity index is 1120. The van der Waals surface area contributed by atoms with E-state index < -0.39 is 0 Å². The topological polar surface area (TPSA) is 59.4 Å². The van der Waals surface area contributed by atoms with Gasteiger partial charge in [-0.3, -0.25) is 14.7 Å². The number of piperazine rings is 1. The highest BCUT2D eigenvalue weighted by Crippen LogP contribution is 2.38. The average Bonchev–Trinajstić information content (AvgIpc) is 3.49. The number of ether oxygens (including phenoxy) is 1. The van der Waals surface area contributed by atoms with Gasteiger partial charge in [0.1, 0.15) is 5.75 Å². The Balaban J connectivity index is 1.55. The van der Waals surface area contributed by atoms with Gasteiger partial charge in [0.25, 0.3) is 5.56 Å². The maximum absolute atomic E-state index is 12.9. The first kappa shape index (κ1) is 19.7. The Hall–Kier alpha value is -2.22. The molecule has 4 heterocycles. The summed E-state index contributed by atoms with van der Waals surface area (Å²) < 4.78 is 8.84. The molecule has 1 N–H and O–H groups in total. The molecule has 158 valence electrons. The molecule has 1 aliphatic heterocycles. The molecule has 3 aromatic heterocycles. The van der Waals surface area contributed by atoms with Crippen molar-refractivity contribution in [3.05, 3.63) is 46.0 Å². The number of fused-ring (bicyclic) bond motifs is 1. The number of aromatic nitrogens is 2. The predicted octanol–water partition coefficient (Wildman–Crippen LogP) is 3.24. The second-order valence-electron chi connectivity index (χ2n) is 8.56. The summed E-state index contributed by atoms with van der Waals surface area (Å²) in [5.41, 5.74) is 2.11. The fourth-order valence-corrected chi connectivity index (χ4v) is 5.30. The van der Waals surface area contributed by atoms with E-state index in [4.69, 9.17) is 4.74 Å². The SMILES string of the molecule is C[C@@H]1CNCCN1Cc1cc2c(=O)n(C)cc(-c3ccncc3OCC3CC3)c2s1. The lowest BCUT2D eigenvalue weighted by Crippen LogP contribution is -2.49. The smallest absolute Gasteiger partial charge is 0.259 e. The fourth-order valence-electron chi connectivity index (χ4n) is 4.10. The predicted molar refractivity (Wildman–Crippen MR) is 121 cm³/mol. The second-order valence-corrected chi connectivity index (χ2v) is 9.70. The summed E-state index contributed by atoms with van der Waals surface area (Å²) in [5, 5.41) is 4.24. The third-order valence-corrected chi connectivity index (χ3v) is 7.30. The number of nitrogens with zero attached hydrogens (tertiary/aromatic N) is 3. The number of hydrogen-bond acceptors (Lipinski definition) is 6. The molecule has 7 heteroatoms. The van der Waals surface area contributed by atoms with Crippen LogP contribution in [0.3, 0.4) is 0 Å². The van der Waals surface area contributed by atoms with Gasteiger partial charge in [0.15, 0.2) is 0 Å². The number of hydrogen-bond donors (Lipinski definition) is 1. The molecule has 1 saturated heterocycles. The molecule has 1 aliphatic carbocycles. The van der Waals surface area contributed by atoms with Crippen molar-refractivity contribution in [3.8, 4) is 16.9 Å². The summed E-state index contributed by atoms with van der Waals surface area (Å²) in [7, 11) is 1.83. The quantitative estimate of drug-likeness (QED) is 0.658. The zero-order chi connectivity index (χ0) is 20.7. The molecular formula is C23H28N4O2S.